The lowest BCUT2D eigenvalue weighted by atomic mass is 9.97. The van der Waals surface area contributed by atoms with Crippen LogP contribution in [0.2, 0.25) is 5.02 Å². The molecule has 0 spiro atoms. The third kappa shape index (κ3) is 5.07. The van der Waals surface area contributed by atoms with Crippen LogP contribution in [0.4, 0.5) is 10.3 Å². The minimum Gasteiger partial charge on any atom is -0.481 e. The van der Waals surface area contributed by atoms with Crippen LogP contribution >= 0.6 is 11.6 Å². The van der Waals surface area contributed by atoms with Gasteiger partial charge >= 0.3 is 0 Å². The van der Waals surface area contributed by atoms with Crippen molar-refractivity contribution in [3.8, 4) is 5.88 Å². The van der Waals surface area contributed by atoms with Gasteiger partial charge in [0.25, 0.3) is 0 Å². The standard InChI is InChI=1S/C19H22ClFN4O2/c1-27-18-5-8-22-19(24-18)25-9-6-13(7-10-25)12-23-17(26)11-14-15(20)3-2-4-16(14)21/h2-5,8,13H,6-7,9-12H2,1H3,(H,23,26). The van der Waals surface area contributed by atoms with Crippen LogP contribution in [0.5, 0.6) is 5.88 Å². The fourth-order valence-electron chi connectivity index (χ4n) is 3.12. The molecule has 0 bridgehead atoms. The highest BCUT2D eigenvalue weighted by Gasteiger charge is 2.22. The first-order valence-electron chi connectivity index (χ1n) is 8.88. The van der Waals surface area contributed by atoms with Crippen molar-refractivity contribution in [1.29, 1.82) is 0 Å². The summed E-state index contributed by atoms with van der Waals surface area (Å²) in [5.74, 6) is 0.893. The van der Waals surface area contributed by atoms with Crippen LogP contribution in [-0.2, 0) is 11.2 Å². The Bertz CT molecular complexity index is 777. The molecular formula is C19H22ClFN4O2. The molecule has 0 radical (unpaired) electrons. The van der Waals surface area contributed by atoms with E-state index in [-0.39, 0.29) is 22.9 Å². The number of methoxy groups -OCH3 is 1. The number of amides is 1. The Morgan fingerprint density at radius 3 is 2.85 bits per heavy atom. The number of halogens is 2. The van der Waals surface area contributed by atoms with E-state index in [1.54, 1.807) is 25.4 Å². The number of aromatic nitrogens is 2. The molecule has 0 saturated carbocycles. The Labute approximate surface area is 162 Å². The van der Waals surface area contributed by atoms with Gasteiger partial charge in [-0.1, -0.05) is 17.7 Å². The zero-order valence-corrected chi connectivity index (χ0v) is 15.9. The average molecular weight is 393 g/mol. The third-order valence-electron chi connectivity index (χ3n) is 4.71. The van der Waals surface area contributed by atoms with E-state index in [1.165, 1.54) is 12.1 Å². The molecule has 0 atom stereocenters. The Morgan fingerprint density at radius 1 is 1.37 bits per heavy atom. The minimum atomic E-state index is -0.454. The lowest BCUT2D eigenvalue weighted by molar-refractivity contribution is -0.120. The number of nitrogens with one attached hydrogen (secondary N) is 1. The van der Waals surface area contributed by atoms with Gasteiger partial charge in [0, 0.05) is 42.5 Å². The van der Waals surface area contributed by atoms with Crippen molar-refractivity contribution in [3.05, 3.63) is 46.9 Å². The van der Waals surface area contributed by atoms with Crippen LogP contribution in [0.25, 0.3) is 0 Å². The van der Waals surface area contributed by atoms with Crippen LogP contribution in [0.15, 0.2) is 30.5 Å². The molecule has 1 saturated heterocycles. The second kappa shape index (κ2) is 8.99. The maximum Gasteiger partial charge on any atom is 0.228 e. The molecule has 1 aliphatic rings. The van der Waals surface area contributed by atoms with Gasteiger partial charge in [-0.2, -0.15) is 4.98 Å². The van der Waals surface area contributed by atoms with Crippen molar-refractivity contribution >= 4 is 23.5 Å². The Balaban J connectivity index is 1.46. The average Bonchev–Trinajstić information content (AvgIpc) is 2.70. The fraction of sp³-hybridized carbons (Fsp3) is 0.421. The second-order valence-corrected chi connectivity index (χ2v) is 6.92. The first kappa shape index (κ1) is 19.4. The number of hydrogen-bond acceptors (Lipinski definition) is 5. The van der Waals surface area contributed by atoms with E-state index >= 15 is 0 Å². The summed E-state index contributed by atoms with van der Waals surface area (Å²) in [7, 11) is 1.58. The first-order valence-corrected chi connectivity index (χ1v) is 9.26. The third-order valence-corrected chi connectivity index (χ3v) is 5.06. The number of carbonyl (C=O) groups is 1. The molecule has 2 heterocycles. The van der Waals surface area contributed by atoms with Crippen LogP contribution < -0.4 is 15.0 Å². The SMILES string of the molecule is COc1ccnc(N2CCC(CNC(=O)Cc3c(F)cccc3Cl)CC2)n1. The number of piperidine rings is 1. The first-order chi connectivity index (χ1) is 13.1. The summed E-state index contributed by atoms with van der Waals surface area (Å²) in [6.45, 7) is 2.19. The highest BCUT2D eigenvalue weighted by atomic mass is 35.5. The van der Waals surface area contributed by atoms with Gasteiger partial charge in [0.2, 0.25) is 17.7 Å². The lowest BCUT2D eigenvalue weighted by Crippen LogP contribution is -2.39. The molecule has 1 N–H and O–H groups in total. The van der Waals surface area contributed by atoms with Crippen molar-refractivity contribution in [2.24, 2.45) is 5.92 Å². The molecule has 1 aromatic carbocycles. The van der Waals surface area contributed by atoms with Gasteiger partial charge in [-0.3, -0.25) is 4.79 Å². The monoisotopic (exact) mass is 392 g/mol. The minimum absolute atomic E-state index is 0.0536. The lowest BCUT2D eigenvalue weighted by Gasteiger charge is -2.32. The van der Waals surface area contributed by atoms with Gasteiger partial charge < -0.3 is 15.0 Å². The topological polar surface area (TPSA) is 67.3 Å². The van der Waals surface area contributed by atoms with Crippen molar-refractivity contribution in [2.45, 2.75) is 19.3 Å². The molecule has 2 aromatic rings. The molecule has 0 unspecified atom stereocenters. The molecule has 1 fully saturated rings. The maximum atomic E-state index is 13.8. The summed E-state index contributed by atoms with van der Waals surface area (Å²) >= 11 is 5.97. The molecule has 1 aromatic heterocycles. The van der Waals surface area contributed by atoms with E-state index in [4.69, 9.17) is 16.3 Å². The Morgan fingerprint density at radius 2 is 2.15 bits per heavy atom. The van der Waals surface area contributed by atoms with Gasteiger partial charge in [-0.25, -0.2) is 9.37 Å². The van der Waals surface area contributed by atoms with E-state index in [0.29, 0.717) is 24.3 Å². The maximum absolute atomic E-state index is 13.8. The molecular weight excluding hydrogens is 371 g/mol. The smallest absolute Gasteiger partial charge is 0.228 e. The summed E-state index contributed by atoms with van der Waals surface area (Å²) in [6, 6.07) is 6.14. The van der Waals surface area contributed by atoms with Crippen LogP contribution in [0.3, 0.4) is 0 Å². The predicted molar refractivity (Wildman–Crippen MR) is 102 cm³/mol. The van der Waals surface area contributed by atoms with E-state index in [9.17, 15) is 9.18 Å². The van der Waals surface area contributed by atoms with Crippen molar-refractivity contribution < 1.29 is 13.9 Å². The zero-order chi connectivity index (χ0) is 19.2. The molecule has 1 amide bonds. The summed E-state index contributed by atoms with van der Waals surface area (Å²) in [5.41, 5.74) is 0.238. The summed E-state index contributed by atoms with van der Waals surface area (Å²) in [5, 5.41) is 3.17. The number of nitrogens with zero attached hydrogens (tertiary/aromatic N) is 3. The number of hydrogen-bond donors (Lipinski definition) is 1. The molecule has 27 heavy (non-hydrogen) atoms. The summed E-state index contributed by atoms with van der Waals surface area (Å²) in [4.78, 5) is 22.9. The van der Waals surface area contributed by atoms with Crippen LogP contribution in [0, 0.1) is 11.7 Å². The van der Waals surface area contributed by atoms with E-state index in [2.05, 4.69) is 20.2 Å². The fourth-order valence-corrected chi connectivity index (χ4v) is 3.35. The molecule has 3 rings (SSSR count). The number of benzene rings is 1. The van der Waals surface area contributed by atoms with Gasteiger partial charge in [-0.15, -0.1) is 0 Å². The van der Waals surface area contributed by atoms with Crippen LogP contribution in [0.1, 0.15) is 18.4 Å². The molecule has 1 aliphatic heterocycles. The van der Waals surface area contributed by atoms with Gasteiger partial charge in [0.15, 0.2) is 0 Å². The van der Waals surface area contributed by atoms with Crippen LogP contribution in [-0.4, -0.2) is 42.6 Å². The largest absolute Gasteiger partial charge is 0.481 e. The molecule has 8 heteroatoms. The van der Waals surface area contributed by atoms with Gasteiger partial charge in [-0.05, 0) is 30.9 Å². The van der Waals surface area contributed by atoms with Gasteiger partial charge in [0.1, 0.15) is 5.82 Å². The van der Waals surface area contributed by atoms with E-state index in [1.807, 2.05) is 0 Å². The predicted octanol–water partition coefficient (Wildman–Crippen LogP) is 2.85. The highest BCUT2D eigenvalue weighted by molar-refractivity contribution is 6.31. The molecule has 144 valence electrons. The van der Waals surface area contributed by atoms with Crippen molar-refractivity contribution in [2.75, 3.05) is 31.6 Å². The van der Waals surface area contributed by atoms with E-state index in [0.717, 1.165) is 25.9 Å². The number of anilines is 1. The summed E-state index contributed by atoms with van der Waals surface area (Å²) < 4.78 is 18.9. The van der Waals surface area contributed by atoms with E-state index < -0.39 is 5.82 Å². The second-order valence-electron chi connectivity index (χ2n) is 6.51. The number of carbonyl (C=O) groups excluding carboxylic acids is 1. The summed E-state index contributed by atoms with van der Waals surface area (Å²) in [6.07, 6.45) is 3.46. The zero-order valence-electron chi connectivity index (χ0n) is 15.1. The quantitative estimate of drug-likeness (QED) is 0.818. The van der Waals surface area contributed by atoms with Crippen molar-refractivity contribution in [1.82, 2.24) is 15.3 Å². The Hall–Kier alpha value is -2.41. The Kier molecular flexibility index (Phi) is 6.45. The van der Waals surface area contributed by atoms with Crippen molar-refractivity contribution in [3.63, 3.8) is 0 Å². The normalized spacial score (nSPS) is 14.9. The number of ether oxygens (including phenoxy) is 1. The highest BCUT2D eigenvalue weighted by Crippen LogP contribution is 2.22. The number of rotatable bonds is 6. The molecule has 6 nitrogen and oxygen atoms in total. The molecule has 0 aliphatic carbocycles. The van der Waals surface area contributed by atoms with Gasteiger partial charge in [0.05, 0.1) is 13.5 Å².